The Labute approximate surface area is 62.4 Å². The molecule has 0 unspecified atom stereocenters. The van der Waals surface area contributed by atoms with E-state index in [2.05, 4.69) is 22.3 Å². The first-order chi connectivity index (χ1) is 4.47. The van der Waals surface area contributed by atoms with Crippen LogP contribution in [0.2, 0.25) is 0 Å². The first kappa shape index (κ1) is 5.50. The molecule has 0 atom stereocenters. The molecule has 9 heavy (non-hydrogen) atoms. The van der Waals surface area contributed by atoms with Gasteiger partial charge in [0, 0.05) is 16.0 Å². The fraction of sp³-hybridized carbons (Fsp3) is 0. The molecule has 0 aromatic rings. The zero-order chi connectivity index (χ0) is 6.10. The molecule has 0 saturated carbocycles. The van der Waals surface area contributed by atoms with Crippen LogP contribution >= 0.6 is 23.7 Å². The number of nitrogens with one attached hydrogen (secondary N) is 1. The Hall–Kier alpha value is -0.280. The summed E-state index contributed by atoms with van der Waals surface area (Å²) < 4.78 is 3.09. The molecule has 3 heteroatoms. The minimum Gasteiger partial charge on any atom is -0.331 e. The number of allylic oxidation sites excluding steroid dienone is 2. The second-order valence-corrected chi connectivity index (χ2v) is 3.53. The quantitative estimate of drug-likeness (QED) is 0.539. The molecule has 0 saturated heterocycles. The monoisotopic (exact) mass is 155 g/mol. The highest BCUT2D eigenvalue weighted by Gasteiger charge is 2.12. The third kappa shape index (κ3) is 0.904. The molecule has 0 bridgehead atoms. The van der Waals surface area contributed by atoms with Gasteiger partial charge in [-0.25, -0.2) is 0 Å². The van der Waals surface area contributed by atoms with Gasteiger partial charge in [0.1, 0.15) is 0 Å². The zero-order valence-corrected chi connectivity index (χ0v) is 6.26. The summed E-state index contributed by atoms with van der Waals surface area (Å²) in [4.78, 5) is 2.67. The molecule has 0 aliphatic carbocycles. The molecule has 2 aliphatic rings. The Kier molecular flexibility index (Phi) is 1.32. The van der Waals surface area contributed by atoms with E-state index in [0.717, 1.165) is 0 Å². The van der Waals surface area contributed by atoms with E-state index in [4.69, 9.17) is 0 Å². The van der Waals surface area contributed by atoms with Crippen LogP contribution in [0.3, 0.4) is 0 Å². The summed E-state index contributed by atoms with van der Waals surface area (Å²) >= 11 is 3.44. The van der Waals surface area contributed by atoms with Crippen molar-refractivity contribution in [3.63, 3.8) is 0 Å². The molecule has 2 rings (SSSR count). The smallest absolute Gasteiger partial charge is 0.0439 e. The van der Waals surface area contributed by atoms with Crippen molar-refractivity contribution >= 4 is 23.7 Å². The molecule has 2 aliphatic heterocycles. The largest absolute Gasteiger partial charge is 0.331 e. The minimum absolute atomic E-state index is 1.34. The van der Waals surface area contributed by atoms with Gasteiger partial charge in [0.05, 0.1) is 0 Å². The fourth-order valence-corrected chi connectivity index (χ4v) is 2.28. The molecule has 0 fully saturated rings. The van der Waals surface area contributed by atoms with Crippen molar-refractivity contribution in [1.29, 1.82) is 0 Å². The van der Waals surface area contributed by atoms with E-state index in [-0.39, 0.29) is 0 Å². The Bertz CT molecular complexity index is 215. The molecule has 0 spiro atoms. The molecule has 2 heterocycles. The summed E-state index contributed by atoms with van der Waals surface area (Å²) in [6.45, 7) is 0. The van der Waals surface area contributed by atoms with Crippen molar-refractivity contribution in [3.8, 4) is 0 Å². The average Bonchev–Trinajstić information content (AvgIpc) is 2.33. The predicted octanol–water partition coefficient (Wildman–Crippen LogP) is 2.22. The van der Waals surface area contributed by atoms with Crippen molar-refractivity contribution in [2.75, 3.05) is 0 Å². The standard InChI is InChI=1S/C6H5NS2/c1-2-5-6(8-3-1)4-7-9-5/h1-4,7H. The van der Waals surface area contributed by atoms with Crippen LogP contribution in [0.5, 0.6) is 0 Å². The lowest BCUT2D eigenvalue weighted by Gasteiger charge is -2.00. The topological polar surface area (TPSA) is 12.0 Å². The highest BCUT2D eigenvalue weighted by molar-refractivity contribution is 8.10. The van der Waals surface area contributed by atoms with Gasteiger partial charge in [-0.1, -0.05) is 17.8 Å². The van der Waals surface area contributed by atoms with Crippen LogP contribution in [0.25, 0.3) is 0 Å². The van der Waals surface area contributed by atoms with Gasteiger partial charge in [0.25, 0.3) is 0 Å². The van der Waals surface area contributed by atoms with Crippen LogP contribution in [0.15, 0.2) is 33.6 Å². The van der Waals surface area contributed by atoms with Crippen LogP contribution < -0.4 is 4.72 Å². The summed E-state index contributed by atoms with van der Waals surface area (Å²) in [5.74, 6) is 0. The maximum absolute atomic E-state index is 3.09. The van der Waals surface area contributed by atoms with Crippen molar-refractivity contribution < 1.29 is 0 Å². The summed E-state index contributed by atoms with van der Waals surface area (Å²) in [6.07, 6.45) is 6.22. The van der Waals surface area contributed by atoms with E-state index < -0.39 is 0 Å². The first-order valence-electron chi connectivity index (χ1n) is 2.63. The van der Waals surface area contributed by atoms with Gasteiger partial charge < -0.3 is 4.72 Å². The SMILES string of the molecule is C1=CSC2=CNSC2=C1. The minimum atomic E-state index is 1.34. The Morgan fingerprint density at radius 1 is 1.33 bits per heavy atom. The first-order valence-corrected chi connectivity index (χ1v) is 4.33. The fourth-order valence-electron chi connectivity index (χ4n) is 0.715. The van der Waals surface area contributed by atoms with Crippen molar-refractivity contribution in [3.05, 3.63) is 33.6 Å². The van der Waals surface area contributed by atoms with Crippen molar-refractivity contribution in [2.45, 2.75) is 0 Å². The van der Waals surface area contributed by atoms with Gasteiger partial charge in [-0.3, -0.25) is 0 Å². The maximum Gasteiger partial charge on any atom is 0.0439 e. The second kappa shape index (κ2) is 2.15. The number of rotatable bonds is 0. The summed E-state index contributed by atoms with van der Waals surface area (Å²) in [5, 5.41) is 2.09. The molecule has 46 valence electrons. The van der Waals surface area contributed by atoms with Crippen LogP contribution in [-0.4, -0.2) is 0 Å². The third-order valence-electron chi connectivity index (χ3n) is 1.12. The normalized spacial score (nSPS) is 22.2. The zero-order valence-electron chi connectivity index (χ0n) is 4.63. The summed E-state index contributed by atoms with van der Waals surface area (Å²) in [6, 6.07) is 0. The van der Waals surface area contributed by atoms with Gasteiger partial charge in [0.15, 0.2) is 0 Å². The Balaban J connectivity index is 2.37. The Morgan fingerprint density at radius 3 is 3.22 bits per heavy atom. The third-order valence-corrected chi connectivity index (χ3v) is 2.95. The molecule has 0 aromatic heterocycles. The Morgan fingerprint density at radius 2 is 2.33 bits per heavy atom. The van der Waals surface area contributed by atoms with Crippen LogP contribution in [0.1, 0.15) is 0 Å². The van der Waals surface area contributed by atoms with E-state index >= 15 is 0 Å². The summed E-state index contributed by atoms with van der Waals surface area (Å²) in [5.41, 5.74) is 0. The van der Waals surface area contributed by atoms with E-state index in [9.17, 15) is 0 Å². The number of fused-ring (bicyclic) bond motifs is 1. The van der Waals surface area contributed by atoms with Gasteiger partial charge in [-0.2, -0.15) is 0 Å². The van der Waals surface area contributed by atoms with Gasteiger partial charge in [-0.05, 0) is 23.4 Å². The van der Waals surface area contributed by atoms with E-state index in [1.54, 1.807) is 23.7 Å². The van der Waals surface area contributed by atoms with Gasteiger partial charge in [0.2, 0.25) is 0 Å². The molecule has 0 aromatic carbocycles. The molecular weight excluding hydrogens is 150 g/mol. The van der Waals surface area contributed by atoms with E-state index in [0.29, 0.717) is 0 Å². The molecule has 1 N–H and O–H groups in total. The van der Waals surface area contributed by atoms with Gasteiger partial charge in [-0.15, -0.1) is 0 Å². The van der Waals surface area contributed by atoms with E-state index in [1.807, 2.05) is 6.20 Å². The predicted molar refractivity (Wildman–Crippen MR) is 43.6 cm³/mol. The second-order valence-electron chi connectivity index (χ2n) is 1.71. The lowest BCUT2D eigenvalue weighted by Crippen LogP contribution is -1.78. The number of thioether (sulfide) groups is 1. The number of hydrogen-bond donors (Lipinski definition) is 1. The summed E-state index contributed by atoms with van der Waals surface area (Å²) in [7, 11) is 0. The molecular formula is C6H5NS2. The number of hydrogen-bond acceptors (Lipinski definition) is 3. The van der Waals surface area contributed by atoms with Crippen LogP contribution in [0.4, 0.5) is 0 Å². The highest BCUT2D eigenvalue weighted by atomic mass is 32.2. The van der Waals surface area contributed by atoms with Crippen LogP contribution in [-0.2, 0) is 0 Å². The molecule has 0 amide bonds. The van der Waals surface area contributed by atoms with Crippen molar-refractivity contribution in [2.24, 2.45) is 0 Å². The lowest BCUT2D eigenvalue weighted by atomic mass is 10.4. The maximum atomic E-state index is 3.09. The lowest BCUT2D eigenvalue weighted by molar-refractivity contribution is 1.45. The van der Waals surface area contributed by atoms with Crippen molar-refractivity contribution in [1.82, 2.24) is 4.72 Å². The van der Waals surface area contributed by atoms with Crippen LogP contribution in [0, 0.1) is 0 Å². The highest BCUT2D eigenvalue weighted by Crippen LogP contribution is 2.38. The molecule has 0 radical (unpaired) electrons. The van der Waals surface area contributed by atoms with Gasteiger partial charge >= 0.3 is 0 Å². The molecule has 1 nitrogen and oxygen atoms in total. The average molecular weight is 155 g/mol. The van der Waals surface area contributed by atoms with E-state index in [1.165, 1.54) is 9.81 Å².